The molecule has 2 heterocycles. The molecule has 2 aromatic rings. The zero-order chi connectivity index (χ0) is 15.0. The van der Waals surface area contributed by atoms with E-state index in [-0.39, 0.29) is 18.2 Å². The Morgan fingerprint density at radius 2 is 1.90 bits per heavy atom. The van der Waals surface area contributed by atoms with Crippen molar-refractivity contribution < 1.29 is 9.59 Å². The third-order valence-corrected chi connectivity index (χ3v) is 4.31. The molecule has 21 heavy (non-hydrogen) atoms. The van der Waals surface area contributed by atoms with Crippen LogP contribution in [0.25, 0.3) is 10.9 Å². The van der Waals surface area contributed by atoms with Gasteiger partial charge in [0, 0.05) is 42.5 Å². The second kappa shape index (κ2) is 5.70. The van der Waals surface area contributed by atoms with Crippen molar-refractivity contribution in [2.45, 2.75) is 19.4 Å². The summed E-state index contributed by atoms with van der Waals surface area (Å²) in [4.78, 5) is 25.3. The van der Waals surface area contributed by atoms with Crippen LogP contribution in [0.5, 0.6) is 0 Å². The van der Waals surface area contributed by atoms with Crippen LogP contribution in [0.15, 0.2) is 24.4 Å². The number of likely N-dealkylation sites (tertiary alicyclic amines) is 1. The first-order valence-electron chi connectivity index (χ1n) is 6.78. The Kier molecular flexibility index (Phi) is 3.91. The number of ketones is 1. The van der Waals surface area contributed by atoms with Gasteiger partial charge in [-0.25, -0.2) is 0 Å². The second-order valence-electron chi connectivity index (χ2n) is 5.18. The van der Waals surface area contributed by atoms with E-state index in [4.69, 9.17) is 23.2 Å². The summed E-state index contributed by atoms with van der Waals surface area (Å²) in [5.74, 6) is 0.236. The van der Waals surface area contributed by atoms with Gasteiger partial charge in [-0.2, -0.15) is 0 Å². The summed E-state index contributed by atoms with van der Waals surface area (Å²) >= 11 is 12.2. The Labute approximate surface area is 132 Å². The van der Waals surface area contributed by atoms with Crippen molar-refractivity contribution in [1.29, 1.82) is 0 Å². The van der Waals surface area contributed by atoms with Gasteiger partial charge in [-0.1, -0.05) is 23.2 Å². The summed E-state index contributed by atoms with van der Waals surface area (Å²) in [6, 6.07) is 5.37. The molecule has 0 saturated carbocycles. The van der Waals surface area contributed by atoms with Gasteiger partial charge in [-0.3, -0.25) is 9.59 Å². The number of nitrogens with zero attached hydrogens (tertiary/aromatic N) is 2. The number of hydrogen-bond acceptors (Lipinski definition) is 2. The summed E-state index contributed by atoms with van der Waals surface area (Å²) in [6.07, 6.45) is 2.74. The standard InChI is InChI=1S/C15H14Cl2N2O2/c16-10-7-13(17)12-3-6-19(14(12)8-10)9-15(21)18-4-1-11(20)2-5-18/h3,6-8H,1-2,4-5,9H2. The molecule has 1 aromatic carbocycles. The van der Waals surface area contributed by atoms with Gasteiger partial charge >= 0.3 is 0 Å². The third kappa shape index (κ3) is 2.92. The second-order valence-corrected chi connectivity index (χ2v) is 6.03. The number of halogens is 2. The smallest absolute Gasteiger partial charge is 0.242 e. The topological polar surface area (TPSA) is 42.3 Å². The molecule has 3 rings (SSSR count). The van der Waals surface area contributed by atoms with Gasteiger partial charge in [0.25, 0.3) is 0 Å². The highest BCUT2D eigenvalue weighted by molar-refractivity contribution is 6.38. The number of carbonyl (C=O) groups excluding carboxylic acids is 2. The Hall–Kier alpha value is -1.52. The summed E-state index contributed by atoms with van der Waals surface area (Å²) in [6.45, 7) is 1.26. The third-order valence-electron chi connectivity index (χ3n) is 3.78. The van der Waals surface area contributed by atoms with E-state index in [1.807, 2.05) is 16.8 Å². The molecule has 1 saturated heterocycles. The van der Waals surface area contributed by atoms with Gasteiger partial charge in [0.05, 0.1) is 10.5 Å². The molecule has 1 aliphatic heterocycles. The number of Topliss-reactive ketones (excluding diaryl/α,β-unsaturated/α-hetero) is 1. The lowest BCUT2D eigenvalue weighted by Gasteiger charge is -2.26. The van der Waals surface area contributed by atoms with E-state index in [1.54, 1.807) is 17.0 Å². The first-order chi connectivity index (χ1) is 10.0. The molecule has 1 amide bonds. The van der Waals surface area contributed by atoms with E-state index in [2.05, 4.69) is 0 Å². The zero-order valence-electron chi connectivity index (χ0n) is 11.3. The number of benzene rings is 1. The van der Waals surface area contributed by atoms with Crippen LogP contribution in [0.3, 0.4) is 0 Å². The van der Waals surface area contributed by atoms with Crippen LogP contribution in [-0.4, -0.2) is 34.2 Å². The normalized spacial score (nSPS) is 15.7. The first-order valence-corrected chi connectivity index (χ1v) is 7.53. The maximum Gasteiger partial charge on any atom is 0.242 e. The van der Waals surface area contributed by atoms with Crippen LogP contribution in [0.2, 0.25) is 10.0 Å². The van der Waals surface area contributed by atoms with Gasteiger partial charge in [-0.05, 0) is 18.2 Å². The fourth-order valence-electron chi connectivity index (χ4n) is 2.61. The van der Waals surface area contributed by atoms with Crippen molar-refractivity contribution in [1.82, 2.24) is 9.47 Å². The lowest BCUT2D eigenvalue weighted by atomic mass is 10.1. The minimum Gasteiger partial charge on any atom is -0.340 e. The average molecular weight is 325 g/mol. The quantitative estimate of drug-likeness (QED) is 0.851. The van der Waals surface area contributed by atoms with Crippen LogP contribution in [0.1, 0.15) is 12.8 Å². The van der Waals surface area contributed by atoms with Crippen molar-refractivity contribution >= 4 is 45.8 Å². The van der Waals surface area contributed by atoms with Crippen molar-refractivity contribution in [3.63, 3.8) is 0 Å². The van der Waals surface area contributed by atoms with Crippen LogP contribution < -0.4 is 0 Å². The number of rotatable bonds is 2. The molecule has 1 aromatic heterocycles. The minimum absolute atomic E-state index is 0.0103. The van der Waals surface area contributed by atoms with Crippen LogP contribution >= 0.6 is 23.2 Å². The molecular weight excluding hydrogens is 311 g/mol. The van der Waals surface area contributed by atoms with E-state index in [0.717, 1.165) is 10.9 Å². The monoisotopic (exact) mass is 324 g/mol. The minimum atomic E-state index is 0.0103. The number of carbonyl (C=O) groups is 2. The fraction of sp³-hybridized carbons (Fsp3) is 0.333. The molecule has 6 heteroatoms. The first kappa shape index (κ1) is 14.4. The number of aromatic nitrogens is 1. The van der Waals surface area contributed by atoms with E-state index in [0.29, 0.717) is 36.0 Å². The average Bonchev–Trinajstić information content (AvgIpc) is 2.83. The van der Waals surface area contributed by atoms with Gasteiger partial charge in [0.2, 0.25) is 5.91 Å². The number of fused-ring (bicyclic) bond motifs is 1. The maximum absolute atomic E-state index is 12.3. The maximum atomic E-state index is 12.3. The van der Waals surface area contributed by atoms with E-state index >= 15 is 0 Å². The predicted octanol–water partition coefficient (Wildman–Crippen LogP) is 3.14. The highest BCUT2D eigenvalue weighted by Gasteiger charge is 2.21. The van der Waals surface area contributed by atoms with Crippen LogP contribution in [0, 0.1) is 0 Å². The van der Waals surface area contributed by atoms with Crippen LogP contribution in [0.4, 0.5) is 0 Å². The molecule has 0 atom stereocenters. The van der Waals surface area contributed by atoms with Crippen LogP contribution in [-0.2, 0) is 16.1 Å². The van der Waals surface area contributed by atoms with E-state index < -0.39 is 0 Å². The summed E-state index contributed by atoms with van der Waals surface area (Å²) in [7, 11) is 0. The molecule has 0 radical (unpaired) electrons. The Bertz CT molecular complexity index is 714. The molecule has 1 fully saturated rings. The summed E-state index contributed by atoms with van der Waals surface area (Å²) in [5.41, 5.74) is 0.842. The Morgan fingerprint density at radius 3 is 2.62 bits per heavy atom. The van der Waals surface area contributed by atoms with Crippen molar-refractivity contribution in [2.24, 2.45) is 0 Å². The van der Waals surface area contributed by atoms with E-state index in [1.165, 1.54) is 0 Å². The molecule has 1 aliphatic rings. The SMILES string of the molecule is O=C1CCN(C(=O)Cn2ccc3c(Cl)cc(Cl)cc32)CC1. The Morgan fingerprint density at radius 1 is 1.19 bits per heavy atom. The molecule has 0 spiro atoms. The highest BCUT2D eigenvalue weighted by Crippen LogP contribution is 2.28. The zero-order valence-corrected chi connectivity index (χ0v) is 12.8. The molecular formula is C15H14Cl2N2O2. The lowest BCUT2D eigenvalue weighted by Crippen LogP contribution is -2.40. The lowest BCUT2D eigenvalue weighted by molar-refractivity contribution is -0.135. The largest absolute Gasteiger partial charge is 0.340 e. The predicted molar refractivity (Wildman–Crippen MR) is 82.8 cm³/mol. The Balaban J connectivity index is 1.82. The number of amides is 1. The number of hydrogen-bond donors (Lipinski definition) is 0. The molecule has 0 aliphatic carbocycles. The van der Waals surface area contributed by atoms with Gasteiger partial charge in [0.15, 0.2) is 0 Å². The highest BCUT2D eigenvalue weighted by atomic mass is 35.5. The molecule has 0 bridgehead atoms. The van der Waals surface area contributed by atoms with Crippen molar-refractivity contribution in [2.75, 3.05) is 13.1 Å². The van der Waals surface area contributed by atoms with E-state index in [9.17, 15) is 9.59 Å². The van der Waals surface area contributed by atoms with Crippen molar-refractivity contribution in [3.8, 4) is 0 Å². The number of piperidine rings is 1. The fourth-order valence-corrected chi connectivity index (χ4v) is 3.15. The molecule has 110 valence electrons. The van der Waals surface area contributed by atoms with Gasteiger partial charge in [0.1, 0.15) is 12.3 Å². The summed E-state index contributed by atoms with van der Waals surface area (Å²) in [5, 5.41) is 2.00. The molecule has 0 N–H and O–H groups in total. The van der Waals surface area contributed by atoms with Gasteiger partial charge in [-0.15, -0.1) is 0 Å². The van der Waals surface area contributed by atoms with Gasteiger partial charge < -0.3 is 9.47 Å². The van der Waals surface area contributed by atoms with Crippen molar-refractivity contribution in [3.05, 3.63) is 34.4 Å². The molecule has 4 nitrogen and oxygen atoms in total. The molecule has 0 unspecified atom stereocenters. The summed E-state index contributed by atoms with van der Waals surface area (Å²) < 4.78 is 1.84.